The predicted molar refractivity (Wildman–Crippen MR) is 120 cm³/mol. The van der Waals surface area contributed by atoms with E-state index in [0.717, 1.165) is 0 Å². The van der Waals surface area contributed by atoms with Gasteiger partial charge in [0.1, 0.15) is 11.9 Å². The van der Waals surface area contributed by atoms with Crippen molar-refractivity contribution in [3.63, 3.8) is 0 Å². The van der Waals surface area contributed by atoms with Gasteiger partial charge in [-0.25, -0.2) is 4.79 Å². The van der Waals surface area contributed by atoms with Crippen molar-refractivity contribution in [2.45, 2.75) is 70.1 Å². The summed E-state index contributed by atoms with van der Waals surface area (Å²) in [4.78, 5) is 52.1. The molecule has 1 fully saturated rings. The first-order chi connectivity index (χ1) is 14.2. The van der Waals surface area contributed by atoms with E-state index in [0.29, 0.717) is 11.8 Å². The van der Waals surface area contributed by atoms with Gasteiger partial charge < -0.3 is 20.0 Å². The van der Waals surface area contributed by atoms with Crippen LogP contribution >= 0.6 is 11.8 Å². The number of ketones is 1. The van der Waals surface area contributed by atoms with Gasteiger partial charge in [-0.1, -0.05) is 45.2 Å². The first-order valence-corrected chi connectivity index (χ1v) is 13.7. The van der Waals surface area contributed by atoms with Gasteiger partial charge in [-0.3, -0.25) is 14.4 Å². The molecule has 4 atom stereocenters. The number of carbonyl (C=O) groups excluding carboxylic acids is 4. The molecular weight excluding hydrogens is 438 g/mol. The van der Waals surface area contributed by atoms with E-state index < -0.39 is 54.2 Å². The molecule has 1 amide bonds. The summed E-state index contributed by atoms with van der Waals surface area (Å²) >= 11 is 0.656. The second-order valence-electron chi connectivity index (χ2n) is 8.87. The van der Waals surface area contributed by atoms with Crippen molar-refractivity contribution in [1.82, 2.24) is 5.32 Å². The molecule has 0 bridgehead atoms. The highest BCUT2D eigenvalue weighted by Crippen LogP contribution is 2.40. The lowest BCUT2D eigenvalue weighted by Gasteiger charge is -2.46. The molecule has 0 spiro atoms. The van der Waals surface area contributed by atoms with Crippen LogP contribution in [0, 0.1) is 5.92 Å². The van der Waals surface area contributed by atoms with Crippen molar-refractivity contribution in [1.29, 1.82) is 0 Å². The number of ether oxygens (including phenoxy) is 1. The number of rotatable bonds is 10. The molecule has 1 heterocycles. The van der Waals surface area contributed by atoms with Crippen molar-refractivity contribution in [2.24, 2.45) is 5.92 Å². The Balaban J connectivity index is 3.18. The number of carbonyl (C=O) groups is 4. The molecule has 11 heteroatoms. The summed E-state index contributed by atoms with van der Waals surface area (Å²) in [7, 11) is -2.21. The highest BCUT2D eigenvalue weighted by molar-refractivity contribution is 8.14. The fraction of sp³-hybridized carbons (Fsp3) is 0.650. The van der Waals surface area contributed by atoms with Gasteiger partial charge in [0.2, 0.25) is 5.91 Å². The van der Waals surface area contributed by atoms with Crippen LogP contribution in [0.25, 0.3) is 5.53 Å². The Morgan fingerprint density at radius 3 is 2.35 bits per heavy atom. The fourth-order valence-corrected chi connectivity index (χ4v) is 5.29. The third-order valence-electron chi connectivity index (χ3n) is 5.53. The number of hydrogen-bond acceptors (Lipinski definition) is 7. The van der Waals surface area contributed by atoms with E-state index in [2.05, 4.69) is 37.5 Å². The van der Waals surface area contributed by atoms with Crippen LogP contribution in [0.2, 0.25) is 18.1 Å². The van der Waals surface area contributed by atoms with E-state index in [4.69, 9.17) is 9.16 Å². The Bertz CT molecular complexity index is 816. The zero-order chi connectivity index (χ0) is 24.1. The van der Waals surface area contributed by atoms with Gasteiger partial charge in [-0.15, -0.1) is 0 Å². The number of hydrogen-bond donors (Lipinski definition) is 1. The number of nitrogens with one attached hydrogen (secondary N) is 1. The number of β-lactam (4-membered cyclic amide) rings is 1. The molecule has 172 valence electrons. The van der Waals surface area contributed by atoms with Crippen molar-refractivity contribution in [2.75, 3.05) is 6.61 Å². The first-order valence-electron chi connectivity index (χ1n) is 9.87. The Morgan fingerprint density at radius 1 is 1.35 bits per heavy atom. The normalized spacial score (nSPS) is 20.4. The van der Waals surface area contributed by atoms with Gasteiger partial charge in [-0.2, -0.15) is 4.79 Å². The Labute approximate surface area is 188 Å². The Hall–Kier alpha value is -2.07. The number of nitrogens with zero attached hydrogens (tertiary/aromatic N) is 2. The smallest absolute Gasteiger partial charge is 0.442 e. The topological polar surface area (TPSA) is 135 Å². The van der Waals surface area contributed by atoms with Crippen LogP contribution in [0.5, 0.6) is 0 Å². The summed E-state index contributed by atoms with van der Waals surface area (Å²) < 4.78 is 11.1. The van der Waals surface area contributed by atoms with Crippen LogP contribution in [0.1, 0.15) is 34.6 Å². The second-order valence-corrected chi connectivity index (χ2v) is 14.9. The van der Waals surface area contributed by atoms with Crippen molar-refractivity contribution >= 4 is 48.6 Å². The maximum Gasteiger partial charge on any atom is 0.442 e. The van der Waals surface area contributed by atoms with Crippen molar-refractivity contribution in [3.8, 4) is 0 Å². The van der Waals surface area contributed by atoms with Crippen LogP contribution in [-0.4, -0.2) is 65.6 Å². The molecule has 0 radical (unpaired) electrons. The van der Waals surface area contributed by atoms with E-state index in [9.17, 15) is 24.7 Å². The molecule has 4 unspecified atom stereocenters. The molecule has 1 aliphatic heterocycles. The quantitative estimate of drug-likeness (QED) is 0.0756. The lowest BCUT2D eigenvalue weighted by molar-refractivity contribution is -0.142. The molecule has 0 aromatic carbocycles. The summed E-state index contributed by atoms with van der Waals surface area (Å²) in [6.07, 6.45) is 0.769. The lowest BCUT2D eigenvalue weighted by atomic mass is 9.82. The van der Waals surface area contributed by atoms with Gasteiger partial charge >= 0.3 is 11.7 Å². The minimum Gasteiger partial charge on any atom is -0.453 e. The molecule has 0 aromatic heterocycles. The van der Waals surface area contributed by atoms with E-state index in [1.165, 1.54) is 13.0 Å². The van der Waals surface area contributed by atoms with Gasteiger partial charge in [0.05, 0.1) is 18.1 Å². The lowest BCUT2D eigenvalue weighted by Crippen LogP contribution is -2.69. The largest absolute Gasteiger partial charge is 0.453 e. The minimum atomic E-state index is -2.21. The first kappa shape index (κ1) is 27.0. The predicted octanol–water partition coefficient (Wildman–Crippen LogP) is 2.13. The van der Waals surface area contributed by atoms with Crippen LogP contribution in [0.4, 0.5) is 0 Å². The summed E-state index contributed by atoms with van der Waals surface area (Å²) in [6.45, 7) is 16.6. The second kappa shape index (κ2) is 10.5. The molecule has 0 aromatic rings. The van der Waals surface area contributed by atoms with Gasteiger partial charge in [-0.05, 0) is 25.1 Å². The highest BCUT2D eigenvalue weighted by atomic mass is 32.2. The fourth-order valence-electron chi connectivity index (χ4n) is 2.90. The maximum atomic E-state index is 13.0. The monoisotopic (exact) mass is 469 g/mol. The standard InChI is InChI=1S/C20H31N3O6SSi/c1-9-10-28-19(27)15(23-21)16(25)17(30-12(3)24)14-13(18(26)22-14)11(2)29-31(7,8)20(4,5)6/h9,11,13-14,17H,1,10H2,2-8H3,(H,22,26). The molecule has 0 saturated carbocycles. The number of Topliss-reactive ketones (excluding diaryl/α,β-unsaturated/α-hetero) is 1. The van der Waals surface area contributed by atoms with E-state index in [-0.39, 0.29) is 17.6 Å². The van der Waals surface area contributed by atoms with Gasteiger partial charge in [0.15, 0.2) is 13.4 Å². The number of thioether (sulfide) groups is 1. The summed E-state index contributed by atoms with van der Waals surface area (Å²) in [5.41, 5.74) is 8.38. The number of esters is 1. The van der Waals surface area contributed by atoms with E-state index in [1.54, 1.807) is 6.92 Å². The van der Waals surface area contributed by atoms with E-state index >= 15 is 0 Å². The third-order valence-corrected chi connectivity index (χ3v) is 11.2. The Morgan fingerprint density at radius 2 is 1.94 bits per heavy atom. The Kier molecular flexibility index (Phi) is 9.13. The molecule has 9 nitrogen and oxygen atoms in total. The van der Waals surface area contributed by atoms with E-state index in [1.807, 2.05) is 13.1 Å². The van der Waals surface area contributed by atoms with Crippen LogP contribution < -0.4 is 5.32 Å². The SMILES string of the molecule is C=CCOC(=O)C(=[N+]=[N-])C(=O)C(SC(C)=O)C1NC(=O)C1C(C)O[Si](C)(C)C(C)(C)C. The van der Waals surface area contributed by atoms with Crippen molar-refractivity contribution < 1.29 is 33.1 Å². The summed E-state index contributed by atoms with van der Waals surface area (Å²) in [5, 5.41) is 0.983. The van der Waals surface area contributed by atoms with Crippen LogP contribution in [-0.2, 0) is 28.3 Å². The molecule has 1 N–H and O–H groups in total. The van der Waals surface area contributed by atoms with Gasteiger partial charge in [0, 0.05) is 6.92 Å². The highest BCUT2D eigenvalue weighted by Gasteiger charge is 2.54. The summed E-state index contributed by atoms with van der Waals surface area (Å²) in [6, 6.07) is -0.780. The van der Waals surface area contributed by atoms with Gasteiger partial charge in [0.25, 0.3) is 5.78 Å². The van der Waals surface area contributed by atoms with Crippen LogP contribution in [0.15, 0.2) is 12.7 Å². The molecule has 1 aliphatic rings. The average Bonchev–Trinajstić information content (AvgIpc) is 2.61. The molecule has 0 aliphatic carbocycles. The molecular formula is C20H31N3O6SSi. The van der Waals surface area contributed by atoms with Crippen molar-refractivity contribution in [3.05, 3.63) is 18.2 Å². The maximum absolute atomic E-state index is 13.0. The summed E-state index contributed by atoms with van der Waals surface area (Å²) in [5.74, 6) is -3.07. The zero-order valence-electron chi connectivity index (χ0n) is 19.1. The number of amides is 1. The third kappa shape index (κ3) is 6.46. The minimum absolute atomic E-state index is 0.0913. The average molecular weight is 470 g/mol. The zero-order valence-corrected chi connectivity index (χ0v) is 20.9. The molecule has 1 saturated heterocycles. The molecule has 31 heavy (non-hydrogen) atoms. The van der Waals surface area contributed by atoms with Crippen LogP contribution in [0.3, 0.4) is 0 Å². The molecule has 1 rings (SSSR count).